The third kappa shape index (κ3) is 29.6. The number of carbonyl (C=O) groups is 7. The molecule has 520 valence electrons. The number of carbonyl (C=O) groups excluding carboxylic acids is 6. The molecule has 6 aromatic heterocycles. The molecule has 0 unspecified atom stereocenters. The van der Waals surface area contributed by atoms with Gasteiger partial charge in [0.25, 0.3) is 0 Å². The number of hydrogen-bond donors (Lipinski definition) is 4. The number of aliphatic hydroxyl groups is 2. The zero-order valence-corrected chi connectivity index (χ0v) is 59.9. The molecule has 28 heteroatoms. The van der Waals surface area contributed by atoms with Crippen LogP contribution in [0.4, 0.5) is 0 Å². The zero-order valence-electron chi connectivity index (χ0n) is 57.9. The van der Waals surface area contributed by atoms with Crippen LogP contribution in [0.15, 0.2) is 110 Å². The minimum atomic E-state index is -1.88. The van der Waals surface area contributed by atoms with Gasteiger partial charge in [-0.25, -0.2) is 28.8 Å². The number of nitrogens with one attached hydrogen (secondary N) is 1. The molecule has 1 aliphatic rings. The van der Waals surface area contributed by atoms with Crippen LogP contribution in [0.3, 0.4) is 0 Å². The Balaban J connectivity index is 0.000000562. The molecule has 4 N–H and O–H groups in total. The molecule has 7 heterocycles. The van der Waals surface area contributed by atoms with E-state index in [-0.39, 0.29) is 47.4 Å². The monoisotopic (exact) mass is 1360 g/mol. The van der Waals surface area contributed by atoms with Crippen LogP contribution in [0, 0.1) is 19.1 Å². The molecule has 1 fully saturated rings. The van der Waals surface area contributed by atoms with Crippen molar-refractivity contribution in [2.24, 2.45) is 0 Å². The number of aromatic carboxylic acids is 1. The van der Waals surface area contributed by atoms with Crippen LogP contribution in [0.1, 0.15) is 164 Å². The maximum absolute atomic E-state index is 11.6. The van der Waals surface area contributed by atoms with Gasteiger partial charge >= 0.3 is 41.8 Å². The van der Waals surface area contributed by atoms with Crippen molar-refractivity contribution in [3.8, 4) is 0 Å². The van der Waals surface area contributed by atoms with Crippen molar-refractivity contribution in [2.45, 2.75) is 150 Å². The van der Waals surface area contributed by atoms with E-state index >= 15 is 0 Å². The van der Waals surface area contributed by atoms with Crippen molar-refractivity contribution < 1.29 is 90.9 Å². The molecular formula is C67H95N7O19Si2. The van der Waals surface area contributed by atoms with E-state index in [9.17, 15) is 38.8 Å². The molecule has 7 rings (SSSR count). The van der Waals surface area contributed by atoms with Gasteiger partial charge in [0.05, 0.1) is 118 Å². The van der Waals surface area contributed by atoms with Crippen LogP contribution in [-0.2, 0) is 68.5 Å². The lowest BCUT2D eigenvalue weighted by atomic mass is 10.1. The minimum absolute atomic E-state index is 0.0272. The van der Waals surface area contributed by atoms with Crippen LogP contribution >= 0.6 is 0 Å². The minimum Gasteiger partial charge on any atom is -0.618 e. The number of carboxylic acids is 1. The fraction of sp³-hybridized carbons (Fsp3) is 0.448. The summed E-state index contributed by atoms with van der Waals surface area (Å²) >= 11 is 0. The number of nitrogens with zero attached hydrogens (tertiary/aromatic N) is 6. The Morgan fingerprint density at radius 3 is 1.25 bits per heavy atom. The van der Waals surface area contributed by atoms with Crippen molar-refractivity contribution in [1.82, 2.24) is 30.2 Å². The Morgan fingerprint density at radius 1 is 0.537 bits per heavy atom. The van der Waals surface area contributed by atoms with Gasteiger partial charge in [-0.15, -0.1) is 0 Å². The predicted octanol–water partition coefficient (Wildman–Crippen LogP) is 9.70. The molecule has 0 aliphatic carbocycles. The summed E-state index contributed by atoms with van der Waals surface area (Å²) in [6.45, 7) is 28.0. The summed E-state index contributed by atoms with van der Waals surface area (Å²) in [5, 5.41) is 40.9. The van der Waals surface area contributed by atoms with Crippen molar-refractivity contribution in [2.75, 3.05) is 48.7 Å². The molecule has 1 aliphatic heterocycles. The number of methoxy groups -OCH3 is 5. The molecule has 1 saturated heterocycles. The van der Waals surface area contributed by atoms with E-state index in [1.807, 2.05) is 0 Å². The van der Waals surface area contributed by atoms with Crippen molar-refractivity contribution in [3.63, 3.8) is 0 Å². The van der Waals surface area contributed by atoms with Gasteiger partial charge in [0.2, 0.25) is 5.69 Å². The first-order valence-electron chi connectivity index (χ1n) is 30.0. The number of esters is 6. The van der Waals surface area contributed by atoms with E-state index in [0.717, 1.165) is 13.0 Å². The van der Waals surface area contributed by atoms with E-state index in [4.69, 9.17) is 33.6 Å². The van der Waals surface area contributed by atoms with Gasteiger partial charge in [0.1, 0.15) is 12.2 Å². The summed E-state index contributed by atoms with van der Waals surface area (Å²) in [7, 11) is 2.85. The van der Waals surface area contributed by atoms with Gasteiger partial charge in [0, 0.05) is 56.9 Å². The molecule has 0 amide bonds. The number of carboxylic acid groups (broad SMARTS) is 1. The highest BCUT2D eigenvalue weighted by atomic mass is 28.4. The maximum atomic E-state index is 11.6. The Kier molecular flexibility index (Phi) is 37.7. The van der Waals surface area contributed by atoms with Crippen LogP contribution in [-0.4, -0.2) is 153 Å². The summed E-state index contributed by atoms with van der Waals surface area (Å²) in [5.41, 5.74) is 5.04. The fourth-order valence-corrected chi connectivity index (χ4v) is 9.05. The van der Waals surface area contributed by atoms with Gasteiger partial charge in [-0.3, -0.25) is 29.7 Å². The molecule has 0 saturated carbocycles. The molecular weight excluding hydrogens is 1260 g/mol. The average Bonchev–Trinajstić information content (AvgIpc) is 1.25. The first-order chi connectivity index (χ1) is 44.6. The van der Waals surface area contributed by atoms with Gasteiger partial charge in [-0.2, -0.15) is 4.73 Å². The van der Waals surface area contributed by atoms with E-state index in [1.54, 1.807) is 99.2 Å². The van der Waals surface area contributed by atoms with Gasteiger partial charge in [-0.05, 0) is 129 Å². The van der Waals surface area contributed by atoms with Crippen molar-refractivity contribution >= 4 is 58.4 Å². The van der Waals surface area contributed by atoms with Crippen molar-refractivity contribution in [1.29, 1.82) is 0 Å². The third-order valence-electron chi connectivity index (χ3n) is 15.0. The SMILES string of the molecule is CC(C)(C)[Si](C)(C)OCc1ncccc1C(=O)O.COC(=O)c1ccc[n+]([O-])c1C.COC(=O)c1cccnc1C.COC(=O)c1cccnc1CO.COC(=O)c1cccnc1COC(C)=O.COC(=O)c1cccnc1CO[Si](C)(C)C(C)(C)C.OC[C@@H]1CCCCN1. The molecule has 0 aromatic carbocycles. The molecule has 1 atom stereocenters. The Hall–Kier alpha value is -8.78. The lowest BCUT2D eigenvalue weighted by Gasteiger charge is -2.36. The van der Waals surface area contributed by atoms with Crippen molar-refractivity contribution in [3.05, 3.63) is 183 Å². The Labute approximate surface area is 559 Å². The second kappa shape index (κ2) is 42.5. The molecule has 0 spiro atoms. The molecule has 95 heavy (non-hydrogen) atoms. The second-order valence-electron chi connectivity index (χ2n) is 23.6. The predicted molar refractivity (Wildman–Crippen MR) is 358 cm³/mol. The lowest BCUT2D eigenvalue weighted by Crippen LogP contribution is -2.40. The normalized spacial score (nSPS) is 12.4. The topological polar surface area (TPSA) is 357 Å². The average molecular weight is 1360 g/mol. The Morgan fingerprint density at radius 2 is 0.895 bits per heavy atom. The lowest BCUT2D eigenvalue weighted by molar-refractivity contribution is -0.612. The smallest absolute Gasteiger partial charge is 0.344 e. The van der Waals surface area contributed by atoms with Crippen LogP contribution in [0.25, 0.3) is 0 Å². The van der Waals surface area contributed by atoms with Gasteiger partial charge in [-0.1, -0.05) is 48.0 Å². The van der Waals surface area contributed by atoms with E-state index in [1.165, 1.54) is 80.0 Å². The second-order valence-corrected chi connectivity index (χ2v) is 33.2. The number of ether oxygens (including phenoxy) is 6. The largest absolute Gasteiger partial charge is 0.618 e. The summed E-state index contributed by atoms with van der Waals surface area (Å²) in [6, 6.07) is 19.8. The summed E-state index contributed by atoms with van der Waals surface area (Å²) in [6.07, 6.45) is 13.0. The van der Waals surface area contributed by atoms with Gasteiger partial charge < -0.3 is 63.1 Å². The molecule has 26 nitrogen and oxygen atoms in total. The molecule has 0 radical (unpaired) electrons. The van der Waals surface area contributed by atoms with E-state index in [2.05, 4.69) is 117 Å². The van der Waals surface area contributed by atoms with E-state index < -0.39 is 46.5 Å². The van der Waals surface area contributed by atoms with Gasteiger partial charge in [0.15, 0.2) is 22.8 Å². The first kappa shape index (κ1) is 84.2. The molecule has 6 aromatic rings. The summed E-state index contributed by atoms with van der Waals surface area (Å²) < 4.78 is 40.3. The third-order valence-corrected chi connectivity index (χ3v) is 23.9. The number of aliphatic hydroxyl groups excluding tert-OH is 2. The highest BCUT2D eigenvalue weighted by Gasteiger charge is 2.38. The highest BCUT2D eigenvalue weighted by Crippen LogP contribution is 2.38. The number of aryl methyl sites for hydroxylation is 1. The number of pyridine rings is 6. The van der Waals surface area contributed by atoms with Crippen LogP contribution in [0.5, 0.6) is 0 Å². The van der Waals surface area contributed by atoms with E-state index in [0.29, 0.717) is 86.0 Å². The summed E-state index contributed by atoms with van der Waals surface area (Å²) in [5.74, 6) is -3.55. The summed E-state index contributed by atoms with van der Waals surface area (Å²) in [4.78, 5) is 97.6. The number of aromatic nitrogens is 6. The number of hydrogen-bond acceptors (Lipinski definition) is 24. The standard InChI is InChI=1S/C14H23NO3Si.C13H21NO3Si.C10H11NO4.2C8H9NO3.C8H9NO2.C6H13NO/c1-14(2,3)19(5,6)18-10-12-11(13(16)17-4)8-7-9-15-12;1-13(2,3)18(4,5)17-9-11-10(12(15)16)7-6-8-14-11;1-7(12)15-6-9-8(10(13)14-2)4-3-5-11-9;1-6-7(8(10)12-2)4-3-5-9(6)11;1-12-8(11)6-3-2-4-9-7(6)5-10;1-6-7(8(10)11-2)4-3-5-9-6;8-5-6-3-1-2-4-7-6/h7-9H,10H2,1-6H3;6-8H,9H2,1-5H3,(H,15,16);3-5H,6H2,1-2H3;3-5H,1-2H3;2-4,10H,5H2,1H3;3-5H,1-2H3;6-8H,1-5H2/t;;;;;;6-/m......0/s1. The maximum Gasteiger partial charge on any atom is 0.344 e. The van der Waals surface area contributed by atoms with Crippen LogP contribution < -0.4 is 10.0 Å². The zero-order chi connectivity index (χ0) is 72.1. The number of piperidine rings is 1. The Bertz CT molecular complexity index is 3390. The fourth-order valence-electron chi connectivity index (χ4n) is 7.19. The molecule has 0 bridgehead atoms. The number of rotatable bonds is 16. The quantitative estimate of drug-likeness (QED) is 0.0230. The highest BCUT2D eigenvalue weighted by molar-refractivity contribution is 6.74. The van der Waals surface area contributed by atoms with Crippen LogP contribution in [0.2, 0.25) is 36.3 Å². The first-order valence-corrected chi connectivity index (χ1v) is 35.8.